The number of thioether (sulfide) groups is 1. The van der Waals surface area contributed by atoms with Crippen molar-refractivity contribution >= 4 is 41.3 Å². The van der Waals surface area contributed by atoms with Crippen LogP contribution in [0.2, 0.25) is 0 Å². The molecule has 0 heterocycles. The number of hydrogen-bond acceptors (Lipinski definition) is 6. The van der Waals surface area contributed by atoms with Crippen molar-refractivity contribution in [2.45, 2.75) is 70.3 Å². The zero-order valence-electron chi connectivity index (χ0n) is 29.0. The fourth-order valence-electron chi connectivity index (χ4n) is 5.36. The number of carbonyl (C=O) groups excluding carboxylic acids is 5. The number of amides is 5. The smallest absolute Gasteiger partial charge is 0.243 e. The van der Waals surface area contributed by atoms with Gasteiger partial charge >= 0.3 is 0 Å². The molecule has 49 heavy (non-hydrogen) atoms. The Kier molecular flexibility index (Phi) is 15.3. The fourth-order valence-corrected chi connectivity index (χ4v) is 6.92. The second-order valence-corrected chi connectivity index (χ2v) is 13.7. The average Bonchev–Trinajstić information content (AvgIpc) is 3.09. The normalized spacial score (nSPS) is 12.5. The average molecular weight is 688 g/mol. The number of carbonyl (C=O) groups is 5. The maximum absolute atomic E-state index is 13.7. The molecule has 0 bridgehead atoms. The van der Waals surface area contributed by atoms with E-state index in [0.717, 1.165) is 16.7 Å². The Balaban J connectivity index is 1.91. The molecule has 5 amide bonds. The van der Waals surface area contributed by atoms with E-state index in [9.17, 15) is 24.0 Å². The van der Waals surface area contributed by atoms with Gasteiger partial charge in [0.05, 0.1) is 17.8 Å². The minimum absolute atomic E-state index is 0.107. The van der Waals surface area contributed by atoms with E-state index < -0.39 is 41.1 Å². The molecule has 3 rings (SSSR count). The minimum atomic E-state index is -1.07. The molecule has 0 radical (unpaired) electrons. The fraction of sp³-hybridized carbons (Fsp3) is 0.395. The third-order valence-corrected chi connectivity index (χ3v) is 9.28. The van der Waals surface area contributed by atoms with Gasteiger partial charge in [-0.05, 0) is 42.9 Å². The van der Waals surface area contributed by atoms with Gasteiger partial charge in [0.2, 0.25) is 29.5 Å². The van der Waals surface area contributed by atoms with Crippen LogP contribution in [0.25, 0.3) is 0 Å². The molecule has 0 aliphatic rings. The van der Waals surface area contributed by atoms with E-state index in [1.54, 1.807) is 6.92 Å². The summed E-state index contributed by atoms with van der Waals surface area (Å²) < 4.78 is -0.766. The standard InChI is InChI=1S/C38H49N5O5S/c1-6-33(44)42-31(22-26(2)3)36(47)39-24-35(46)43-32(37(48)40-23-34(45)41-27(4)5)25-49-38(28-16-10-7-11-17-28,29-18-12-8-13-19-29)30-20-14-9-15-21-30/h7-21,26-27,31-32H,6,22-25H2,1-5H3,(H,39,47)(H,40,48)(H,41,45)(H,42,44)(H,43,46). The summed E-state index contributed by atoms with van der Waals surface area (Å²) in [6, 6.07) is 27.9. The predicted molar refractivity (Wildman–Crippen MR) is 195 cm³/mol. The summed E-state index contributed by atoms with van der Waals surface area (Å²) in [4.78, 5) is 64.4. The van der Waals surface area contributed by atoms with Gasteiger partial charge in [0.15, 0.2) is 0 Å². The van der Waals surface area contributed by atoms with Crippen molar-refractivity contribution in [3.63, 3.8) is 0 Å². The van der Waals surface area contributed by atoms with E-state index in [1.165, 1.54) is 11.8 Å². The van der Waals surface area contributed by atoms with E-state index in [4.69, 9.17) is 0 Å². The zero-order valence-corrected chi connectivity index (χ0v) is 29.8. The topological polar surface area (TPSA) is 146 Å². The molecule has 0 aliphatic carbocycles. The number of nitrogens with one attached hydrogen (secondary N) is 5. The first-order valence-corrected chi connectivity index (χ1v) is 17.7. The third kappa shape index (κ3) is 11.8. The maximum atomic E-state index is 13.7. The molecule has 0 saturated carbocycles. The predicted octanol–water partition coefficient (Wildman–Crippen LogP) is 3.89. The van der Waals surface area contributed by atoms with Crippen LogP contribution >= 0.6 is 11.8 Å². The Bertz CT molecular complexity index is 1420. The van der Waals surface area contributed by atoms with Crippen molar-refractivity contribution in [1.82, 2.24) is 26.6 Å². The first-order chi connectivity index (χ1) is 23.5. The maximum Gasteiger partial charge on any atom is 0.243 e. The van der Waals surface area contributed by atoms with Gasteiger partial charge in [-0.2, -0.15) is 0 Å². The largest absolute Gasteiger partial charge is 0.352 e. The summed E-state index contributed by atoms with van der Waals surface area (Å²) in [5.74, 6) is -1.98. The summed E-state index contributed by atoms with van der Waals surface area (Å²) in [6.45, 7) is 8.55. The Morgan fingerprint density at radius 1 is 0.592 bits per heavy atom. The van der Waals surface area contributed by atoms with E-state index in [0.29, 0.717) is 6.42 Å². The van der Waals surface area contributed by atoms with Gasteiger partial charge in [-0.3, -0.25) is 24.0 Å². The zero-order chi connectivity index (χ0) is 35.8. The van der Waals surface area contributed by atoms with Crippen LogP contribution in [-0.4, -0.2) is 66.5 Å². The molecule has 3 aromatic rings. The van der Waals surface area contributed by atoms with Crippen LogP contribution in [0.1, 0.15) is 64.2 Å². The van der Waals surface area contributed by atoms with Crippen LogP contribution in [0.3, 0.4) is 0 Å². The van der Waals surface area contributed by atoms with Gasteiger partial charge in [0.1, 0.15) is 12.1 Å². The highest BCUT2D eigenvalue weighted by Gasteiger charge is 2.38. The summed E-state index contributed by atoms with van der Waals surface area (Å²) in [6.07, 6.45) is 0.627. The van der Waals surface area contributed by atoms with Gasteiger partial charge < -0.3 is 26.6 Å². The van der Waals surface area contributed by atoms with Crippen molar-refractivity contribution in [2.75, 3.05) is 18.8 Å². The molecular weight excluding hydrogens is 639 g/mol. The number of hydrogen-bond donors (Lipinski definition) is 5. The van der Waals surface area contributed by atoms with Crippen LogP contribution in [0.4, 0.5) is 0 Å². The molecule has 2 unspecified atom stereocenters. The van der Waals surface area contributed by atoms with Crippen molar-refractivity contribution in [2.24, 2.45) is 5.92 Å². The SMILES string of the molecule is CCC(=O)NC(CC(C)C)C(=O)NCC(=O)NC(CSC(c1ccccc1)(c1ccccc1)c1ccccc1)C(=O)NCC(=O)NC(C)C. The van der Waals surface area contributed by atoms with Gasteiger partial charge in [0, 0.05) is 18.2 Å². The lowest BCUT2D eigenvalue weighted by Gasteiger charge is -2.36. The molecule has 0 aromatic heterocycles. The molecule has 3 aromatic carbocycles. The Morgan fingerprint density at radius 2 is 1.00 bits per heavy atom. The molecule has 5 N–H and O–H groups in total. The molecule has 2 atom stereocenters. The quantitative estimate of drug-likeness (QED) is 0.128. The molecule has 0 fully saturated rings. The van der Waals surface area contributed by atoms with Crippen molar-refractivity contribution in [3.8, 4) is 0 Å². The van der Waals surface area contributed by atoms with Crippen LogP contribution in [-0.2, 0) is 28.7 Å². The van der Waals surface area contributed by atoms with E-state index in [2.05, 4.69) is 26.6 Å². The summed E-state index contributed by atoms with van der Waals surface area (Å²) in [5, 5.41) is 13.5. The summed E-state index contributed by atoms with van der Waals surface area (Å²) in [5.41, 5.74) is 2.95. The monoisotopic (exact) mass is 687 g/mol. The summed E-state index contributed by atoms with van der Waals surface area (Å²) in [7, 11) is 0. The number of rotatable bonds is 18. The van der Waals surface area contributed by atoms with Gasteiger partial charge in [-0.1, -0.05) is 112 Å². The van der Waals surface area contributed by atoms with E-state index in [1.807, 2.05) is 119 Å². The van der Waals surface area contributed by atoms with E-state index >= 15 is 0 Å². The third-order valence-electron chi connectivity index (χ3n) is 7.64. The second kappa shape index (κ2) is 19.4. The van der Waals surface area contributed by atoms with Crippen LogP contribution in [0, 0.1) is 5.92 Å². The molecule has 11 heteroatoms. The van der Waals surface area contributed by atoms with Crippen LogP contribution in [0.15, 0.2) is 91.0 Å². The minimum Gasteiger partial charge on any atom is -0.352 e. The van der Waals surface area contributed by atoms with Gasteiger partial charge in [-0.25, -0.2) is 0 Å². The van der Waals surface area contributed by atoms with Crippen LogP contribution in [0.5, 0.6) is 0 Å². The highest BCUT2D eigenvalue weighted by atomic mass is 32.2. The van der Waals surface area contributed by atoms with Crippen LogP contribution < -0.4 is 26.6 Å². The molecular formula is C38H49N5O5S. The molecule has 0 spiro atoms. The molecule has 0 saturated heterocycles. The van der Waals surface area contributed by atoms with Gasteiger partial charge in [-0.15, -0.1) is 11.8 Å². The first kappa shape index (κ1) is 38.8. The number of benzene rings is 3. The Labute approximate surface area is 294 Å². The highest BCUT2D eigenvalue weighted by Crippen LogP contribution is 2.48. The summed E-state index contributed by atoms with van der Waals surface area (Å²) >= 11 is 1.49. The van der Waals surface area contributed by atoms with Crippen molar-refractivity contribution in [1.29, 1.82) is 0 Å². The Hall–Kier alpha value is -4.64. The Morgan fingerprint density at radius 3 is 1.41 bits per heavy atom. The molecule has 0 aliphatic heterocycles. The van der Waals surface area contributed by atoms with Crippen molar-refractivity contribution in [3.05, 3.63) is 108 Å². The lowest BCUT2D eigenvalue weighted by molar-refractivity contribution is -0.132. The highest BCUT2D eigenvalue weighted by molar-refractivity contribution is 8.00. The molecule has 262 valence electrons. The first-order valence-electron chi connectivity index (χ1n) is 16.7. The second-order valence-electron chi connectivity index (χ2n) is 12.5. The molecule has 10 nitrogen and oxygen atoms in total. The van der Waals surface area contributed by atoms with Crippen molar-refractivity contribution < 1.29 is 24.0 Å². The van der Waals surface area contributed by atoms with E-state index in [-0.39, 0.29) is 42.5 Å². The lowest BCUT2D eigenvalue weighted by Crippen LogP contribution is -2.54. The van der Waals surface area contributed by atoms with Gasteiger partial charge in [0.25, 0.3) is 0 Å². The lowest BCUT2D eigenvalue weighted by atomic mass is 9.84.